The first-order chi connectivity index (χ1) is 8.65. The van der Waals surface area contributed by atoms with E-state index < -0.39 is 10.8 Å². The Kier molecular flexibility index (Phi) is 3.78. The predicted molar refractivity (Wildman–Crippen MR) is 66.8 cm³/mol. The molecule has 1 aliphatic heterocycles. The first-order valence-corrected chi connectivity index (χ1v) is 6.58. The van der Waals surface area contributed by atoms with Crippen LogP contribution >= 0.6 is 11.8 Å². The van der Waals surface area contributed by atoms with Crippen molar-refractivity contribution in [1.82, 2.24) is 4.90 Å². The highest BCUT2D eigenvalue weighted by Crippen LogP contribution is 2.40. The van der Waals surface area contributed by atoms with Crippen molar-refractivity contribution in [3.63, 3.8) is 0 Å². The molecule has 1 fully saturated rings. The number of hydrogen-bond donors (Lipinski definition) is 0. The summed E-state index contributed by atoms with van der Waals surface area (Å²) in [5.41, 5.74) is 0. The third-order valence-electron chi connectivity index (χ3n) is 3.09. The number of rotatable bonds is 2. The van der Waals surface area contributed by atoms with Crippen LogP contribution in [-0.4, -0.2) is 28.8 Å². The molecule has 0 unspecified atom stereocenters. The zero-order chi connectivity index (χ0) is 13.0. The van der Waals surface area contributed by atoms with Gasteiger partial charge < -0.3 is 14.8 Å². The third-order valence-corrected chi connectivity index (χ3v) is 4.49. The van der Waals surface area contributed by atoms with Gasteiger partial charge in [0.05, 0.1) is 6.07 Å². The van der Waals surface area contributed by atoms with Crippen molar-refractivity contribution in [2.45, 2.75) is 22.5 Å². The molecule has 1 saturated heterocycles. The highest BCUT2D eigenvalue weighted by atomic mass is 32.2. The molecular formula is C13H13N2O2S-. The van der Waals surface area contributed by atoms with Gasteiger partial charge >= 0.3 is 0 Å². The van der Waals surface area contributed by atoms with Gasteiger partial charge in [-0.2, -0.15) is 5.26 Å². The fraction of sp³-hybridized carbons (Fsp3) is 0.385. The van der Waals surface area contributed by atoms with E-state index in [4.69, 9.17) is 0 Å². The van der Waals surface area contributed by atoms with Gasteiger partial charge in [-0.05, 0) is 25.0 Å². The lowest BCUT2D eigenvalue weighted by molar-refractivity contribution is -0.266. The monoisotopic (exact) mass is 261 g/mol. The lowest BCUT2D eigenvalue weighted by Crippen LogP contribution is -2.49. The summed E-state index contributed by atoms with van der Waals surface area (Å²) in [6, 6.07) is 12.1. The lowest BCUT2D eigenvalue weighted by atomic mass is 9.98. The van der Waals surface area contributed by atoms with E-state index in [0.717, 1.165) is 4.90 Å². The molecule has 0 radical (unpaired) electrons. The van der Waals surface area contributed by atoms with Gasteiger partial charge in [-0.1, -0.05) is 18.2 Å². The van der Waals surface area contributed by atoms with E-state index in [1.807, 2.05) is 30.3 Å². The maximum atomic E-state index is 10.7. The first kappa shape index (κ1) is 12.8. The molecule has 18 heavy (non-hydrogen) atoms. The van der Waals surface area contributed by atoms with Crippen molar-refractivity contribution < 1.29 is 9.90 Å². The molecule has 0 saturated carbocycles. The second-order valence-corrected chi connectivity index (χ2v) is 5.73. The fourth-order valence-corrected chi connectivity index (χ4v) is 3.18. The van der Waals surface area contributed by atoms with Crippen LogP contribution in [0.15, 0.2) is 35.2 Å². The van der Waals surface area contributed by atoms with E-state index in [1.54, 1.807) is 0 Å². The molecule has 1 amide bonds. The molecule has 0 aliphatic carbocycles. The Morgan fingerprint density at radius 3 is 2.44 bits per heavy atom. The number of nitrogens with zero attached hydrogens (tertiary/aromatic N) is 2. The van der Waals surface area contributed by atoms with Crippen LogP contribution in [0.25, 0.3) is 0 Å². The lowest BCUT2D eigenvalue weighted by Gasteiger charge is -2.38. The molecule has 1 aliphatic rings. The molecule has 1 heterocycles. The quantitative estimate of drug-likeness (QED) is 0.808. The largest absolute Gasteiger partial charge is 0.530 e. The van der Waals surface area contributed by atoms with Crippen molar-refractivity contribution in [3.05, 3.63) is 30.3 Å². The highest BCUT2D eigenvalue weighted by Gasteiger charge is 2.35. The summed E-state index contributed by atoms with van der Waals surface area (Å²) in [5.74, 6) is 0. The molecule has 0 aromatic heterocycles. The van der Waals surface area contributed by atoms with Crippen molar-refractivity contribution in [3.8, 4) is 6.07 Å². The van der Waals surface area contributed by atoms with Crippen molar-refractivity contribution >= 4 is 17.9 Å². The minimum Gasteiger partial charge on any atom is -0.530 e. The fourth-order valence-electron chi connectivity index (χ4n) is 2.00. The summed E-state index contributed by atoms with van der Waals surface area (Å²) >= 11 is 1.52. The van der Waals surface area contributed by atoms with E-state index in [-0.39, 0.29) is 0 Å². The standard InChI is InChI=1S/C13H14N2O2S/c14-10-13(18-11-4-2-1-3-5-11)6-8-15(9-7-13)12(16)17/h1-5H,6-9H2,(H,16,17)/p-1. The minimum atomic E-state index is -1.15. The Hall–Kier alpha value is -1.67. The van der Waals surface area contributed by atoms with Gasteiger partial charge in [-0.25, -0.2) is 0 Å². The van der Waals surface area contributed by atoms with E-state index in [0.29, 0.717) is 25.9 Å². The molecule has 2 rings (SSSR count). The van der Waals surface area contributed by atoms with Gasteiger partial charge in [0.1, 0.15) is 10.8 Å². The van der Waals surface area contributed by atoms with E-state index in [9.17, 15) is 15.2 Å². The summed E-state index contributed by atoms with van der Waals surface area (Å²) in [6.07, 6.45) is -0.0695. The molecule has 94 valence electrons. The summed E-state index contributed by atoms with van der Waals surface area (Å²) in [6.45, 7) is 0.742. The van der Waals surface area contributed by atoms with Gasteiger partial charge in [0.25, 0.3) is 0 Å². The number of nitriles is 1. The van der Waals surface area contributed by atoms with Gasteiger partial charge in [-0.15, -0.1) is 11.8 Å². The molecule has 1 aromatic carbocycles. The molecular weight excluding hydrogens is 248 g/mol. The van der Waals surface area contributed by atoms with E-state index in [1.165, 1.54) is 16.7 Å². The van der Waals surface area contributed by atoms with Crippen LogP contribution in [0.2, 0.25) is 0 Å². The minimum absolute atomic E-state index is 0.371. The van der Waals surface area contributed by atoms with Crippen molar-refractivity contribution in [1.29, 1.82) is 5.26 Å². The van der Waals surface area contributed by atoms with Gasteiger partial charge in [0.2, 0.25) is 0 Å². The van der Waals surface area contributed by atoms with Crippen LogP contribution in [0.5, 0.6) is 0 Å². The van der Waals surface area contributed by atoms with Crippen LogP contribution < -0.4 is 5.11 Å². The van der Waals surface area contributed by atoms with Crippen LogP contribution in [-0.2, 0) is 0 Å². The molecule has 5 heteroatoms. The zero-order valence-corrected chi connectivity index (χ0v) is 10.7. The third kappa shape index (κ3) is 2.77. The number of carbonyl (C=O) groups is 1. The molecule has 0 N–H and O–H groups in total. The number of likely N-dealkylation sites (tertiary alicyclic amines) is 1. The number of amides is 1. The van der Waals surface area contributed by atoms with Gasteiger partial charge in [-0.3, -0.25) is 0 Å². The van der Waals surface area contributed by atoms with Crippen LogP contribution in [0, 0.1) is 11.3 Å². The number of carbonyl (C=O) groups excluding carboxylic acids is 1. The summed E-state index contributed by atoms with van der Waals surface area (Å²) in [4.78, 5) is 13.0. The first-order valence-electron chi connectivity index (χ1n) is 5.76. The van der Waals surface area contributed by atoms with Gasteiger partial charge in [0, 0.05) is 18.0 Å². The SMILES string of the molecule is N#CC1(Sc2ccccc2)CCN(C(=O)[O-])CC1. The predicted octanol–water partition coefficient (Wildman–Crippen LogP) is 1.48. The number of benzene rings is 1. The summed E-state index contributed by atoms with van der Waals surface area (Å²) < 4.78 is -0.521. The molecule has 1 aromatic rings. The van der Waals surface area contributed by atoms with Crippen LogP contribution in [0.1, 0.15) is 12.8 Å². The number of carboxylic acid groups (broad SMARTS) is 1. The normalized spacial score (nSPS) is 18.1. The molecule has 0 bridgehead atoms. The maximum absolute atomic E-state index is 10.7. The maximum Gasteiger partial charge on any atom is 0.136 e. The van der Waals surface area contributed by atoms with Crippen molar-refractivity contribution in [2.24, 2.45) is 0 Å². The van der Waals surface area contributed by atoms with E-state index >= 15 is 0 Å². The summed E-state index contributed by atoms with van der Waals surface area (Å²) in [5, 5.41) is 20.1. The number of thioether (sulfide) groups is 1. The van der Waals surface area contributed by atoms with Crippen LogP contribution in [0.3, 0.4) is 0 Å². The Balaban J connectivity index is 2.06. The zero-order valence-electron chi connectivity index (χ0n) is 9.83. The second kappa shape index (κ2) is 5.32. The average Bonchev–Trinajstić information content (AvgIpc) is 2.40. The number of piperidine rings is 1. The highest BCUT2D eigenvalue weighted by molar-refractivity contribution is 8.01. The van der Waals surface area contributed by atoms with Gasteiger partial charge in [0.15, 0.2) is 0 Å². The number of hydrogen-bond acceptors (Lipinski definition) is 4. The smallest absolute Gasteiger partial charge is 0.136 e. The Bertz CT molecular complexity index is 462. The van der Waals surface area contributed by atoms with E-state index in [2.05, 4.69) is 6.07 Å². The molecule has 0 spiro atoms. The Labute approximate surface area is 110 Å². The Morgan fingerprint density at radius 1 is 1.33 bits per heavy atom. The average molecular weight is 261 g/mol. The Morgan fingerprint density at radius 2 is 1.94 bits per heavy atom. The van der Waals surface area contributed by atoms with Crippen molar-refractivity contribution in [2.75, 3.05) is 13.1 Å². The molecule has 0 atom stereocenters. The van der Waals surface area contributed by atoms with Crippen LogP contribution in [0.4, 0.5) is 4.79 Å². The second-order valence-electron chi connectivity index (χ2n) is 4.27. The summed E-state index contributed by atoms with van der Waals surface area (Å²) in [7, 11) is 0. The molecule has 4 nitrogen and oxygen atoms in total. The topological polar surface area (TPSA) is 67.2 Å².